The van der Waals surface area contributed by atoms with Crippen LogP contribution in [-0.4, -0.2) is 46.2 Å². The molecule has 1 aromatic rings. The van der Waals surface area contributed by atoms with E-state index < -0.39 is 0 Å². The van der Waals surface area contributed by atoms with Crippen LogP contribution >= 0.6 is 0 Å². The fraction of sp³-hybridized carbons (Fsp3) is 0.667. The van der Waals surface area contributed by atoms with Crippen molar-refractivity contribution in [3.8, 4) is 0 Å². The second kappa shape index (κ2) is 6.39. The van der Waals surface area contributed by atoms with Crippen LogP contribution < -0.4 is 11.1 Å². The zero-order valence-corrected chi connectivity index (χ0v) is 11.5. The highest BCUT2D eigenvalue weighted by atomic mass is 16.1. The molecule has 0 fully saturated rings. The van der Waals surface area contributed by atoms with Gasteiger partial charge in [0, 0.05) is 25.2 Å². The molecule has 0 radical (unpaired) electrons. The van der Waals surface area contributed by atoms with Crippen LogP contribution in [0.3, 0.4) is 0 Å². The van der Waals surface area contributed by atoms with Crippen molar-refractivity contribution >= 4 is 11.6 Å². The van der Waals surface area contributed by atoms with Crippen LogP contribution in [0.4, 0.5) is 5.69 Å². The van der Waals surface area contributed by atoms with Crippen molar-refractivity contribution < 1.29 is 4.79 Å². The molecule has 0 aliphatic carbocycles. The molecule has 1 heterocycles. The van der Waals surface area contributed by atoms with Crippen LogP contribution in [-0.2, 0) is 0 Å². The van der Waals surface area contributed by atoms with E-state index in [0.717, 1.165) is 6.54 Å². The van der Waals surface area contributed by atoms with Gasteiger partial charge in [0.25, 0.3) is 5.91 Å². The highest BCUT2D eigenvalue weighted by molar-refractivity contribution is 5.96. The van der Waals surface area contributed by atoms with Crippen LogP contribution in [0, 0.1) is 0 Å². The number of nitrogens with two attached hydrogens (primary N) is 1. The number of aromatic nitrogens is 2. The van der Waals surface area contributed by atoms with Gasteiger partial charge < -0.3 is 11.1 Å². The quantitative estimate of drug-likeness (QED) is 0.701. The Balaban J connectivity index is 2.42. The highest BCUT2D eigenvalue weighted by Gasteiger charge is 2.15. The van der Waals surface area contributed by atoms with Crippen LogP contribution in [0.25, 0.3) is 0 Å². The number of carbonyl (C=O) groups excluding carboxylic acids is 1. The Bertz CT molecular complexity index is 378. The molecule has 0 aliphatic heterocycles. The normalized spacial score (nSPS) is 11.5. The Labute approximate surface area is 108 Å². The van der Waals surface area contributed by atoms with Crippen molar-refractivity contribution in [2.45, 2.75) is 39.8 Å². The van der Waals surface area contributed by atoms with Gasteiger partial charge in [-0.1, -0.05) is 0 Å². The van der Waals surface area contributed by atoms with Crippen molar-refractivity contribution in [1.82, 2.24) is 20.4 Å². The third-order valence-electron chi connectivity index (χ3n) is 2.88. The van der Waals surface area contributed by atoms with E-state index in [1.54, 1.807) is 0 Å². The number of rotatable bonds is 6. The number of amides is 1. The summed E-state index contributed by atoms with van der Waals surface area (Å²) in [5.41, 5.74) is 6.31. The minimum Gasteiger partial charge on any atom is -0.396 e. The number of nitrogen functional groups attached to an aromatic ring is 1. The molecule has 1 rings (SSSR count). The van der Waals surface area contributed by atoms with Gasteiger partial charge >= 0.3 is 0 Å². The summed E-state index contributed by atoms with van der Waals surface area (Å²) in [5, 5.41) is 9.14. The lowest BCUT2D eigenvalue weighted by molar-refractivity contribution is 0.0935. The van der Waals surface area contributed by atoms with E-state index >= 15 is 0 Å². The first-order valence-electron chi connectivity index (χ1n) is 6.26. The van der Waals surface area contributed by atoms with E-state index in [1.807, 2.05) is 0 Å². The summed E-state index contributed by atoms with van der Waals surface area (Å²) >= 11 is 0. The van der Waals surface area contributed by atoms with E-state index in [1.165, 1.54) is 6.20 Å². The third-order valence-corrected chi connectivity index (χ3v) is 2.88. The first-order valence-corrected chi connectivity index (χ1v) is 6.26. The predicted molar refractivity (Wildman–Crippen MR) is 72.3 cm³/mol. The van der Waals surface area contributed by atoms with Gasteiger partial charge in [-0.3, -0.25) is 14.8 Å². The number of aromatic amines is 1. The topological polar surface area (TPSA) is 87.0 Å². The molecule has 4 N–H and O–H groups in total. The van der Waals surface area contributed by atoms with Gasteiger partial charge in [-0.15, -0.1) is 0 Å². The van der Waals surface area contributed by atoms with Crippen LogP contribution in [0.1, 0.15) is 38.2 Å². The molecule has 18 heavy (non-hydrogen) atoms. The third kappa shape index (κ3) is 3.73. The summed E-state index contributed by atoms with van der Waals surface area (Å²) < 4.78 is 0. The number of carbonyl (C=O) groups is 1. The maximum atomic E-state index is 11.8. The molecular weight excluding hydrogens is 230 g/mol. The lowest BCUT2D eigenvalue weighted by atomic mass is 10.2. The van der Waals surface area contributed by atoms with Crippen LogP contribution in [0.2, 0.25) is 0 Å². The average Bonchev–Trinajstić information content (AvgIpc) is 2.69. The zero-order chi connectivity index (χ0) is 13.7. The van der Waals surface area contributed by atoms with Crippen molar-refractivity contribution in [2.75, 3.05) is 18.8 Å². The number of anilines is 1. The summed E-state index contributed by atoms with van der Waals surface area (Å²) in [4.78, 5) is 14.1. The fourth-order valence-electron chi connectivity index (χ4n) is 1.98. The summed E-state index contributed by atoms with van der Waals surface area (Å²) in [7, 11) is 0. The molecule has 0 unspecified atom stereocenters. The van der Waals surface area contributed by atoms with Gasteiger partial charge in [-0.25, -0.2) is 0 Å². The molecule has 0 spiro atoms. The molecule has 0 saturated carbocycles. The molecule has 0 saturated heterocycles. The second-order valence-corrected chi connectivity index (χ2v) is 4.88. The monoisotopic (exact) mass is 253 g/mol. The fourth-order valence-corrected chi connectivity index (χ4v) is 1.98. The molecule has 102 valence electrons. The van der Waals surface area contributed by atoms with Gasteiger partial charge in [-0.05, 0) is 27.7 Å². The Hall–Kier alpha value is -1.56. The van der Waals surface area contributed by atoms with Crippen LogP contribution in [0.15, 0.2) is 6.20 Å². The van der Waals surface area contributed by atoms with Gasteiger partial charge in [0.15, 0.2) is 0 Å². The maximum absolute atomic E-state index is 11.8. The van der Waals surface area contributed by atoms with Crippen LogP contribution in [0.5, 0.6) is 0 Å². The summed E-state index contributed by atoms with van der Waals surface area (Å²) in [5.74, 6) is -0.211. The van der Waals surface area contributed by atoms with E-state index in [9.17, 15) is 4.79 Å². The first-order chi connectivity index (χ1) is 8.43. The van der Waals surface area contributed by atoms with E-state index in [4.69, 9.17) is 5.73 Å². The van der Waals surface area contributed by atoms with Gasteiger partial charge in [0.2, 0.25) is 0 Å². The predicted octanol–water partition coefficient (Wildman–Crippen LogP) is 0.841. The minimum absolute atomic E-state index is 0.211. The average molecular weight is 253 g/mol. The number of hydrogen-bond donors (Lipinski definition) is 3. The first kappa shape index (κ1) is 14.5. The Morgan fingerprint density at radius 3 is 2.50 bits per heavy atom. The van der Waals surface area contributed by atoms with Gasteiger partial charge in [-0.2, -0.15) is 5.10 Å². The summed E-state index contributed by atoms with van der Waals surface area (Å²) in [6.07, 6.45) is 1.43. The largest absolute Gasteiger partial charge is 0.396 e. The van der Waals surface area contributed by atoms with Crippen molar-refractivity contribution in [3.05, 3.63) is 11.9 Å². The Kier molecular flexibility index (Phi) is 5.15. The van der Waals surface area contributed by atoms with Crippen molar-refractivity contribution in [3.63, 3.8) is 0 Å². The van der Waals surface area contributed by atoms with Crippen molar-refractivity contribution in [2.24, 2.45) is 0 Å². The number of H-pyrrole nitrogens is 1. The smallest absolute Gasteiger partial charge is 0.271 e. The lowest BCUT2D eigenvalue weighted by Gasteiger charge is -2.30. The highest BCUT2D eigenvalue weighted by Crippen LogP contribution is 2.06. The Morgan fingerprint density at radius 1 is 1.44 bits per heavy atom. The maximum Gasteiger partial charge on any atom is 0.271 e. The molecule has 0 aliphatic rings. The van der Waals surface area contributed by atoms with Gasteiger partial charge in [0.1, 0.15) is 5.69 Å². The van der Waals surface area contributed by atoms with Crippen molar-refractivity contribution in [1.29, 1.82) is 0 Å². The SMILES string of the molecule is CC(C)N(CCNC(=O)c1[nH]ncc1N)C(C)C. The Morgan fingerprint density at radius 2 is 2.06 bits per heavy atom. The second-order valence-electron chi connectivity index (χ2n) is 4.88. The molecule has 0 bridgehead atoms. The number of nitrogens with zero attached hydrogens (tertiary/aromatic N) is 2. The summed E-state index contributed by atoms with van der Waals surface area (Å²) in [6, 6.07) is 0.915. The van der Waals surface area contributed by atoms with Gasteiger partial charge in [0.05, 0.1) is 11.9 Å². The molecular formula is C12H23N5O. The standard InChI is InChI=1S/C12H23N5O/c1-8(2)17(9(3)4)6-5-14-12(18)11-10(13)7-15-16-11/h7-9H,5-6,13H2,1-4H3,(H,14,18)(H,15,16). The molecule has 0 atom stereocenters. The van der Waals surface area contributed by atoms with E-state index in [2.05, 4.69) is 48.1 Å². The molecule has 1 amide bonds. The molecule has 1 aromatic heterocycles. The summed E-state index contributed by atoms with van der Waals surface area (Å²) in [6.45, 7) is 10.00. The molecule has 0 aromatic carbocycles. The minimum atomic E-state index is -0.211. The van der Waals surface area contributed by atoms with E-state index in [0.29, 0.717) is 30.0 Å². The number of nitrogens with one attached hydrogen (secondary N) is 2. The van der Waals surface area contributed by atoms with E-state index in [-0.39, 0.29) is 5.91 Å². The lowest BCUT2D eigenvalue weighted by Crippen LogP contribution is -2.42. The zero-order valence-electron chi connectivity index (χ0n) is 11.5. The molecule has 6 nitrogen and oxygen atoms in total. The molecule has 6 heteroatoms. The number of hydrogen-bond acceptors (Lipinski definition) is 4.